The number of nitrogens with zero attached hydrogens (tertiary/aromatic N) is 2. The summed E-state index contributed by atoms with van der Waals surface area (Å²) in [5.74, 6) is 1.02. The van der Waals surface area contributed by atoms with Gasteiger partial charge in [-0.25, -0.2) is 0 Å². The van der Waals surface area contributed by atoms with Crippen molar-refractivity contribution in [2.24, 2.45) is 0 Å². The molecule has 9 heteroatoms. The SMILES string of the molecule is COCCNC(=O)CSc1nnc(Nc2cccc(OC)c2)s1. The quantitative estimate of drug-likeness (QED) is 0.527. The van der Waals surface area contributed by atoms with Crippen LogP contribution in [0.1, 0.15) is 0 Å². The standard InChI is InChI=1S/C14H18N4O3S2/c1-20-7-6-15-12(19)9-22-14-18-17-13(23-14)16-10-4-3-5-11(8-10)21-2/h3-5,8H,6-7,9H2,1-2H3,(H,15,19)(H,16,17). The summed E-state index contributed by atoms with van der Waals surface area (Å²) in [7, 11) is 3.22. The summed E-state index contributed by atoms with van der Waals surface area (Å²) in [6, 6.07) is 7.55. The number of benzene rings is 1. The zero-order valence-corrected chi connectivity index (χ0v) is 14.5. The lowest BCUT2D eigenvalue weighted by molar-refractivity contribution is -0.118. The third-order valence-corrected chi connectivity index (χ3v) is 4.65. The maximum atomic E-state index is 11.6. The van der Waals surface area contributed by atoms with Gasteiger partial charge in [0.15, 0.2) is 4.34 Å². The zero-order chi connectivity index (χ0) is 16.5. The highest BCUT2D eigenvalue weighted by Gasteiger charge is 2.08. The number of thioether (sulfide) groups is 1. The predicted octanol–water partition coefficient (Wildman–Crippen LogP) is 2.14. The van der Waals surface area contributed by atoms with E-state index < -0.39 is 0 Å². The van der Waals surface area contributed by atoms with Gasteiger partial charge in [-0.1, -0.05) is 29.2 Å². The number of aromatic nitrogens is 2. The van der Waals surface area contributed by atoms with E-state index in [2.05, 4.69) is 20.8 Å². The lowest BCUT2D eigenvalue weighted by Gasteiger charge is -2.04. The van der Waals surface area contributed by atoms with Crippen molar-refractivity contribution in [1.82, 2.24) is 15.5 Å². The first kappa shape index (κ1) is 17.5. The molecular formula is C14H18N4O3S2. The van der Waals surface area contributed by atoms with Crippen LogP contribution in [0, 0.1) is 0 Å². The van der Waals surface area contributed by atoms with Gasteiger partial charge < -0.3 is 20.1 Å². The Balaban J connectivity index is 1.82. The number of nitrogens with one attached hydrogen (secondary N) is 2. The highest BCUT2D eigenvalue weighted by Crippen LogP contribution is 2.28. The molecule has 23 heavy (non-hydrogen) atoms. The Bertz CT molecular complexity index is 636. The molecule has 2 N–H and O–H groups in total. The summed E-state index contributed by atoms with van der Waals surface area (Å²) in [5, 5.41) is 14.7. The molecule has 1 aromatic carbocycles. The number of rotatable bonds is 9. The van der Waals surface area contributed by atoms with Gasteiger partial charge in [0, 0.05) is 25.4 Å². The molecule has 0 spiro atoms. The fraction of sp³-hybridized carbons (Fsp3) is 0.357. The normalized spacial score (nSPS) is 10.3. The van der Waals surface area contributed by atoms with Crippen LogP contribution in [0.25, 0.3) is 0 Å². The number of anilines is 2. The average Bonchev–Trinajstić information content (AvgIpc) is 3.01. The van der Waals surface area contributed by atoms with Crippen molar-refractivity contribution < 1.29 is 14.3 Å². The minimum Gasteiger partial charge on any atom is -0.497 e. The van der Waals surface area contributed by atoms with E-state index >= 15 is 0 Å². The van der Waals surface area contributed by atoms with Gasteiger partial charge in [-0.2, -0.15) is 0 Å². The molecule has 0 fully saturated rings. The van der Waals surface area contributed by atoms with Crippen LogP contribution in [0.15, 0.2) is 28.6 Å². The molecule has 0 atom stereocenters. The number of carbonyl (C=O) groups is 1. The summed E-state index contributed by atoms with van der Waals surface area (Å²) in [5.41, 5.74) is 0.870. The van der Waals surface area contributed by atoms with Crippen molar-refractivity contribution in [3.63, 3.8) is 0 Å². The maximum Gasteiger partial charge on any atom is 0.230 e. The van der Waals surface area contributed by atoms with Gasteiger partial charge in [0.1, 0.15) is 5.75 Å². The summed E-state index contributed by atoms with van der Waals surface area (Å²) in [4.78, 5) is 11.6. The Kier molecular flexibility index (Phi) is 7.11. The molecule has 2 rings (SSSR count). The zero-order valence-electron chi connectivity index (χ0n) is 12.9. The lowest BCUT2D eigenvalue weighted by Crippen LogP contribution is -2.28. The van der Waals surface area contributed by atoms with Gasteiger partial charge in [0.25, 0.3) is 0 Å². The Morgan fingerprint density at radius 3 is 3.00 bits per heavy atom. The number of methoxy groups -OCH3 is 2. The summed E-state index contributed by atoms with van der Waals surface area (Å²) in [6.45, 7) is 1.01. The molecule has 1 amide bonds. The van der Waals surface area contributed by atoms with Crippen LogP contribution in [0.2, 0.25) is 0 Å². The highest BCUT2D eigenvalue weighted by molar-refractivity contribution is 8.01. The van der Waals surface area contributed by atoms with Crippen LogP contribution in [-0.2, 0) is 9.53 Å². The Morgan fingerprint density at radius 2 is 2.22 bits per heavy atom. The van der Waals surface area contributed by atoms with Crippen LogP contribution in [0.5, 0.6) is 5.75 Å². The van der Waals surface area contributed by atoms with Gasteiger partial charge in [-0.3, -0.25) is 4.79 Å². The molecular weight excluding hydrogens is 336 g/mol. The number of ether oxygens (including phenoxy) is 2. The molecule has 1 aromatic heterocycles. The molecule has 124 valence electrons. The highest BCUT2D eigenvalue weighted by atomic mass is 32.2. The first-order chi connectivity index (χ1) is 11.2. The molecule has 0 radical (unpaired) electrons. The molecule has 0 bridgehead atoms. The van der Waals surface area contributed by atoms with Crippen LogP contribution in [-0.4, -0.2) is 49.2 Å². The van der Waals surface area contributed by atoms with Gasteiger partial charge in [0.05, 0.1) is 19.5 Å². The molecule has 0 saturated heterocycles. The van der Waals surface area contributed by atoms with E-state index in [4.69, 9.17) is 9.47 Å². The second kappa shape index (κ2) is 9.33. The third kappa shape index (κ3) is 6.05. The number of hydrogen-bond acceptors (Lipinski definition) is 8. The van der Waals surface area contributed by atoms with Gasteiger partial charge >= 0.3 is 0 Å². The monoisotopic (exact) mass is 354 g/mol. The maximum absolute atomic E-state index is 11.6. The van der Waals surface area contributed by atoms with E-state index in [1.165, 1.54) is 23.1 Å². The minimum atomic E-state index is -0.0513. The van der Waals surface area contributed by atoms with E-state index in [9.17, 15) is 4.79 Å². The predicted molar refractivity (Wildman–Crippen MR) is 91.8 cm³/mol. The first-order valence-corrected chi connectivity index (χ1v) is 8.64. The van der Waals surface area contributed by atoms with Crippen molar-refractivity contribution in [3.8, 4) is 5.75 Å². The first-order valence-electron chi connectivity index (χ1n) is 6.84. The molecule has 0 aliphatic heterocycles. The largest absolute Gasteiger partial charge is 0.497 e. The second-order valence-corrected chi connectivity index (χ2v) is 6.56. The summed E-state index contributed by atoms with van der Waals surface area (Å²) in [6.07, 6.45) is 0. The molecule has 0 saturated carbocycles. The molecule has 7 nitrogen and oxygen atoms in total. The van der Waals surface area contributed by atoms with E-state index in [1.54, 1.807) is 14.2 Å². The Hall–Kier alpha value is -1.84. The van der Waals surface area contributed by atoms with Crippen molar-refractivity contribution in [2.75, 3.05) is 38.4 Å². The molecule has 0 unspecified atom stereocenters. The van der Waals surface area contributed by atoms with Crippen molar-refractivity contribution in [1.29, 1.82) is 0 Å². The van der Waals surface area contributed by atoms with Crippen molar-refractivity contribution in [2.45, 2.75) is 4.34 Å². The lowest BCUT2D eigenvalue weighted by atomic mass is 10.3. The van der Waals surface area contributed by atoms with Gasteiger partial charge in [-0.05, 0) is 12.1 Å². The smallest absolute Gasteiger partial charge is 0.230 e. The molecule has 2 aromatic rings. The minimum absolute atomic E-state index is 0.0513. The third-order valence-electron chi connectivity index (χ3n) is 2.68. The van der Waals surface area contributed by atoms with Gasteiger partial charge in [0.2, 0.25) is 11.0 Å². The molecule has 1 heterocycles. The number of carbonyl (C=O) groups excluding carboxylic acids is 1. The van der Waals surface area contributed by atoms with E-state index in [-0.39, 0.29) is 5.91 Å². The Labute approximate surface area is 142 Å². The van der Waals surface area contributed by atoms with Crippen LogP contribution >= 0.6 is 23.1 Å². The van der Waals surface area contributed by atoms with Crippen LogP contribution in [0.3, 0.4) is 0 Å². The second-order valence-electron chi connectivity index (χ2n) is 4.36. The molecule has 0 aliphatic carbocycles. The van der Waals surface area contributed by atoms with E-state index in [1.807, 2.05) is 24.3 Å². The topological polar surface area (TPSA) is 85.4 Å². The van der Waals surface area contributed by atoms with E-state index in [0.29, 0.717) is 24.0 Å². The summed E-state index contributed by atoms with van der Waals surface area (Å²) < 4.78 is 10.8. The van der Waals surface area contributed by atoms with Crippen LogP contribution in [0.4, 0.5) is 10.8 Å². The average molecular weight is 354 g/mol. The summed E-state index contributed by atoms with van der Waals surface area (Å²) >= 11 is 2.75. The van der Waals surface area contributed by atoms with Crippen LogP contribution < -0.4 is 15.4 Å². The number of amides is 1. The Morgan fingerprint density at radius 1 is 1.35 bits per heavy atom. The van der Waals surface area contributed by atoms with Gasteiger partial charge in [-0.15, -0.1) is 10.2 Å². The fourth-order valence-electron chi connectivity index (χ4n) is 1.61. The van der Waals surface area contributed by atoms with Crippen molar-refractivity contribution >= 4 is 39.8 Å². The molecule has 0 aliphatic rings. The van der Waals surface area contributed by atoms with E-state index in [0.717, 1.165) is 15.8 Å². The van der Waals surface area contributed by atoms with Crippen molar-refractivity contribution in [3.05, 3.63) is 24.3 Å². The number of hydrogen-bond donors (Lipinski definition) is 2. The fourth-order valence-corrected chi connectivity index (χ4v) is 3.22.